The minimum atomic E-state index is 0.880. The van der Waals surface area contributed by atoms with Crippen molar-refractivity contribution in [3.63, 3.8) is 0 Å². The zero-order valence-electron chi connectivity index (χ0n) is 11.6. The maximum Gasteiger partial charge on any atom is -0.0294 e. The summed E-state index contributed by atoms with van der Waals surface area (Å²) in [4.78, 5) is 0. The van der Waals surface area contributed by atoms with E-state index in [1.54, 1.807) is 5.57 Å². The van der Waals surface area contributed by atoms with Crippen LogP contribution in [0.25, 0.3) is 0 Å². The summed E-state index contributed by atoms with van der Waals surface area (Å²) < 4.78 is 0. The Morgan fingerprint density at radius 1 is 1.33 bits per heavy atom. The van der Waals surface area contributed by atoms with E-state index in [1.807, 2.05) is 0 Å². The van der Waals surface area contributed by atoms with Gasteiger partial charge in [-0.3, -0.25) is 0 Å². The summed E-state index contributed by atoms with van der Waals surface area (Å²) >= 11 is 0. The Balaban J connectivity index is 0.000000262. The first-order valence-corrected chi connectivity index (χ1v) is 6.61. The van der Waals surface area contributed by atoms with Crippen LogP contribution in [0.2, 0.25) is 0 Å². The van der Waals surface area contributed by atoms with Gasteiger partial charge in [-0.05, 0) is 43.9 Å². The summed E-state index contributed by atoms with van der Waals surface area (Å²) in [6.07, 6.45) is 7.70. The van der Waals surface area contributed by atoms with Gasteiger partial charge in [-0.2, -0.15) is 0 Å². The lowest BCUT2D eigenvalue weighted by Gasteiger charge is -2.09. The zero-order valence-corrected chi connectivity index (χ0v) is 11.6. The fourth-order valence-corrected chi connectivity index (χ4v) is 2.09. The molecule has 0 radical (unpaired) electrons. The fourth-order valence-electron chi connectivity index (χ4n) is 2.09. The smallest absolute Gasteiger partial charge is 0.0294 e. The highest BCUT2D eigenvalue weighted by atomic mass is 14.1. The third kappa shape index (κ3) is 8.72. The Morgan fingerprint density at radius 3 is 2.07 bits per heavy atom. The first-order chi connectivity index (χ1) is 6.95. The van der Waals surface area contributed by atoms with Crippen LogP contribution in [0.1, 0.15) is 67.2 Å². The van der Waals surface area contributed by atoms with Gasteiger partial charge in [0.2, 0.25) is 0 Å². The van der Waals surface area contributed by atoms with Crippen molar-refractivity contribution in [2.45, 2.75) is 67.2 Å². The Labute approximate surface area is 97.2 Å². The molecule has 0 amide bonds. The minimum Gasteiger partial charge on any atom is -0.0853 e. The summed E-state index contributed by atoms with van der Waals surface area (Å²) in [7, 11) is 0. The lowest BCUT2D eigenvalue weighted by Crippen LogP contribution is -1.97. The Morgan fingerprint density at radius 2 is 1.93 bits per heavy atom. The van der Waals surface area contributed by atoms with E-state index < -0.39 is 0 Å². The van der Waals surface area contributed by atoms with Gasteiger partial charge < -0.3 is 0 Å². The van der Waals surface area contributed by atoms with Crippen LogP contribution in [-0.4, -0.2) is 0 Å². The van der Waals surface area contributed by atoms with Crippen LogP contribution in [0.5, 0.6) is 0 Å². The first-order valence-electron chi connectivity index (χ1n) is 6.61. The molecule has 1 aliphatic carbocycles. The number of rotatable bonds is 3. The molecular weight excluding hydrogens is 180 g/mol. The van der Waals surface area contributed by atoms with Gasteiger partial charge in [0.1, 0.15) is 0 Å². The zero-order chi connectivity index (χ0) is 11.8. The molecular formula is C15H30. The maximum atomic E-state index is 2.34. The molecule has 0 bridgehead atoms. The van der Waals surface area contributed by atoms with Gasteiger partial charge in [-0.1, -0.05) is 52.7 Å². The largest absolute Gasteiger partial charge is 0.0853 e. The fraction of sp³-hybridized carbons (Fsp3) is 0.867. The van der Waals surface area contributed by atoms with E-state index in [-0.39, 0.29) is 0 Å². The molecule has 2 unspecified atom stereocenters. The van der Waals surface area contributed by atoms with Crippen LogP contribution >= 0.6 is 0 Å². The second kappa shape index (κ2) is 7.96. The van der Waals surface area contributed by atoms with Crippen LogP contribution in [0, 0.1) is 17.8 Å². The van der Waals surface area contributed by atoms with Crippen LogP contribution < -0.4 is 0 Å². The van der Waals surface area contributed by atoms with Crippen LogP contribution in [0.15, 0.2) is 11.6 Å². The topological polar surface area (TPSA) is 0 Å². The Hall–Kier alpha value is -0.260. The van der Waals surface area contributed by atoms with Crippen molar-refractivity contribution in [3.8, 4) is 0 Å². The van der Waals surface area contributed by atoms with Crippen LogP contribution in [-0.2, 0) is 0 Å². The molecule has 0 aliphatic heterocycles. The normalized spacial score (nSPS) is 22.1. The molecule has 0 heteroatoms. The quantitative estimate of drug-likeness (QED) is 0.544. The lowest BCUT2D eigenvalue weighted by molar-refractivity contribution is 0.429. The monoisotopic (exact) mass is 210 g/mol. The highest BCUT2D eigenvalue weighted by Crippen LogP contribution is 2.22. The average molecular weight is 210 g/mol. The summed E-state index contributed by atoms with van der Waals surface area (Å²) in [5, 5.41) is 0. The minimum absolute atomic E-state index is 0.880. The van der Waals surface area contributed by atoms with Crippen molar-refractivity contribution in [2.24, 2.45) is 17.8 Å². The molecule has 0 fully saturated rings. The molecule has 0 aromatic heterocycles. The highest BCUT2D eigenvalue weighted by molar-refractivity contribution is 5.05. The van der Waals surface area contributed by atoms with Crippen molar-refractivity contribution in [1.82, 2.24) is 0 Å². The summed E-state index contributed by atoms with van der Waals surface area (Å²) in [6, 6.07) is 0. The third-order valence-electron chi connectivity index (χ3n) is 3.11. The van der Waals surface area contributed by atoms with Gasteiger partial charge in [0.25, 0.3) is 0 Å². The van der Waals surface area contributed by atoms with E-state index in [0.29, 0.717) is 0 Å². The Bertz CT molecular complexity index is 176. The molecule has 1 aliphatic rings. The average Bonchev–Trinajstić information content (AvgIpc) is 2.49. The van der Waals surface area contributed by atoms with Gasteiger partial charge in [0, 0.05) is 0 Å². The maximum absolute atomic E-state index is 2.34. The molecule has 0 aromatic carbocycles. The van der Waals surface area contributed by atoms with E-state index in [1.165, 1.54) is 25.7 Å². The van der Waals surface area contributed by atoms with Gasteiger partial charge in [-0.15, -0.1) is 0 Å². The number of hydrogen-bond acceptors (Lipinski definition) is 0. The molecule has 0 heterocycles. The third-order valence-corrected chi connectivity index (χ3v) is 3.11. The standard InChI is InChI=1S/C8H18.C7H12/c1-5-8(4)6-7(2)3;1-6-3-4-7(2)5-6/h7-8H,5-6H2,1-4H3;3,7H,4-5H2,1-2H3. The molecule has 0 spiro atoms. The predicted octanol–water partition coefficient (Wildman–Crippen LogP) is 5.44. The molecule has 0 aromatic rings. The number of hydrogen-bond donors (Lipinski definition) is 0. The van der Waals surface area contributed by atoms with Crippen LogP contribution in [0.4, 0.5) is 0 Å². The summed E-state index contributed by atoms with van der Waals surface area (Å²) in [6.45, 7) is 13.7. The highest BCUT2D eigenvalue weighted by Gasteiger charge is 2.06. The second-order valence-electron chi connectivity index (χ2n) is 5.74. The van der Waals surface area contributed by atoms with Gasteiger partial charge in [-0.25, -0.2) is 0 Å². The van der Waals surface area contributed by atoms with Gasteiger partial charge in [0.05, 0.1) is 0 Å². The van der Waals surface area contributed by atoms with E-state index in [9.17, 15) is 0 Å². The predicted molar refractivity (Wildman–Crippen MR) is 71.1 cm³/mol. The van der Waals surface area contributed by atoms with Crippen molar-refractivity contribution >= 4 is 0 Å². The second-order valence-corrected chi connectivity index (χ2v) is 5.74. The van der Waals surface area contributed by atoms with Crippen molar-refractivity contribution < 1.29 is 0 Å². The molecule has 0 nitrogen and oxygen atoms in total. The SMILES string of the molecule is CC1=CCC(C)C1.CCC(C)CC(C)C. The molecule has 1 rings (SSSR count). The van der Waals surface area contributed by atoms with E-state index in [4.69, 9.17) is 0 Å². The van der Waals surface area contributed by atoms with Crippen molar-refractivity contribution in [3.05, 3.63) is 11.6 Å². The van der Waals surface area contributed by atoms with Crippen molar-refractivity contribution in [1.29, 1.82) is 0 Å². The number of allylic oxidation sites excluding steroid dienone is 2. The Kier molecular flexibility index (Phi) is 7.82. The van der Waals surface area contributed by atoms with E-state index >= 15 is 0 Å². The van der Waals surface area contributed by atoms with Gasteiger partial charge in [0.15, 0.2) is 0 Å². The van der Waals surface area contributed by atoms with E-state index in [0.717, 1.165) is 17.8 Å². The first kappa shape index (κ1) is 14.7. The van der Waals surface area contributed by atoms with Crippen LogP contribution in [0.3, 0.4) is 0 Å². The lowest BCUT2D eigenvalue weighted by atomic mass is 9.97. The molecule has 2 atom stereocenters. The molecule has 0 N–H and O–H groups in total. The molecule has 0 saturated carbocycles. The summed E-state index contributed by atoms with van der Waals surface area (Å²) in [5.41, 5.74) is 1.58. The van der Waals surface area contributed by atoms with Crippen molar-refractivity contribution in [2.75, 3.05) is 0 Å². The molecule has 90 valence electrons. The summed E-state index contributed by atoms with van der Waals surface area (Å²) in [5.74, 6) is 2.74. The van der Waals surface area contributed by atoms with Gasteiger partial charge >= 0.3 is 0 Å². The molecule has 0 saturated heterocycles. The van der Waals surface area contributed by atoms with E-state index in [2.05, 4.69) is 47.6 Å². The molecule has 15 heavy (non-hydrogen) atoms.